The molecule has 0 spiro atoms. The number of methoxy groups -OCH3 is 5. The standard InChI is InChI=1S/C22H24N4O6/c1-28-16-7-6-13(8-17(16)29-2)20-15(11-23-25-20)12-24-26-22(27)14-9-18(30-3)21(32-5)19(10-14)31-4/h6-12H,1-5H3,(H,23,25)(H,26,27)/b24-12+. The molecule has 1 amide bonds. The summed E-state index contributed by atoms with van der Waals surface area (Å²) in [6, 6.07) is 8.55. The molecule has 10 heteroatoms. The molecule has 0 fully saturated rings. The number of hydrazone groups is 1. The van der Waals surface area contributed by atoms with Crippen molar-refractivity contribution >= 4 is 12.1 Å². The molecule has 0 aliphatic heterocycles. The van der Waals surface area contributed by atoms with Crippen molar-refractivity contribution in [1.82, 2.24) is 15.6 Å². The third kappa shape index (κ3) is 4.59. The third-order valence-corrected chi connectivity index (χ3v) is 4.64. The van der Waals surface area contributed by atoms with Gasteiger partial charge in [0.1, 0.15) is 0 Å². The average Bonchev–Trinajstić information content (AvgIpc) is 3.30. The summed E-state index contributed by atoms with van der Waals surface area (Å²) in [7, 11) is 7.58. The van der Waals surface area contributed by atoms with E-state index in [1.54, 1.807) is 38.6 Å². The topological polar surface area (TPSA) is 116 Å². The molecule has 0 radical (unpaired) electrons. The van der Waals surface area contributed by atoms with Gasteiger partial charge in [-0.15, -0.1) is 0 Å². The zero-order chi connectivity index (χ0) is 23.1. The normalized spacial score (nSPS) is 10.7. The van der Waals surface area contributed by atoms with Crippen molar-refractivity contribution in [3.63, 3.8) is 0 Å². The van der Waals surface area contributed by atoms with Gasteiger partial charge in [0.05, 0.1) is 53.7 Å². The van der Waals surface area contributed by atoms with Crippen molar-refractivity contribution in [3.05, 3.63) is 47.7 Å². The lowest BCUT2D eigenvalue weighted by molar-refractivity contribution is 0.0954. The van der Waals surface area contributed by atoms with Gasteiger partial charge in [-0.05, 0) is 30.3 Å². The highest BCUT2D eigenvalue weighted by atomic mass is 16.5. The molecule has 0 aliphatic carbocycles. The first kappa shape index (κ1) is 22.5. The Bertz CT molecular complexity index is 1100. The summed E-state index contributed by atoms with van der Waals surface area (Å²) >= 11 is 0. The number of nitrogens with zero attached hydrogens (tertiary/aromatic N) is 2. The number of carbonyl (C=O) groups excluding carboxylic acids is 1. The van der Waals surface area contributed by atoms with E-state index >= 15 is 0 Å². The molecule has 3 aromatic rings. The summed E-state index contributed by atoms with van der Waals surface area (Å²) in [6.45, 7) is 0. The van der Waals surface area contributed by atoms with Crippen LogP contribution in [0.4, 0.5) is 0 Å². The molecule has 168 valence electrons. The Balaban J connectivity index is 1.80. The van der Waals surface area contributed by atoms with Gasteiger partial charge in [-0.1, -0.05) is 0 Å². The summed E-state index contributed by atoms with van der Waals surface area (Å²) in [5.74, 6) is 1.88. The SMILES string of the molecule is COc1ccc(-c2[nH]ncc2/C=N/NC(=O)c2cc(OC)c(OC)c(OC)c2)cc1OC. The van der Waals surface area contributed by atoms with Crippen LogP contribution < -0.4 is 29.1 Å². The Morgan fingerprint density at radius 1 is 0.906 bits per heavy atom. The van der Waals surface area contributed by atoms with Crippen LogP contribution in [0.1, 0.15) is 15.9 Å². The minimum Gasteiger partial charge on any atom is -0.493 e. The molecule has 1 heterocycles. The Morgan fingerprint density at radius 2 is 1.56 bits per heavy atom. The van der Waals surface area contributed by atoms with Crippen LogP contribution in [0.2, 0.25) is 0 Å². The summed E-state index contributed by atoms with van der Waals surface area (Å²) in [5, 5.41) is 11.0. The number of benzene rings is 2. The number of nitrogens with one attached hydrogen (secondary N) is 2. The van der Waals surface area contributed by atoms with E-state index in [0.717, 1.165) is 5.56 Å². The number of carbonyl (C=O) groups is 1. The van der Waals surface area contributed by atoms with Crippen molar-refractivity contribution in [2.75, 3.05) is 35.5 Å². The first-order chi connectivity index (χ1) is 15.6. The maximum Gasteiger partial charge on any atom is 0.271 e. The number of rotatable bonds is 9. The molecule has 0 bridgehead atoms. The molecule has 0 aliphatic rings. The highest BCUT2D eigenvalue weighted by Crippen LogP contribution is 2.38. The number of hydrogen-bond acceptors (Lipinski definition) is 8. The number of amides is 1. The summed E-state index contributed by atoms with van der Waals surface area (Å²) in [4.78, 5) is 12.6. The molecule has 32 heavy (non-hydrogen) atoms. The molecule has 2 N–H and O–H groups in total. The largest absolute Gasteiger partial charge is 0.493 e. The second kappa shape index (κ2) is 10.2. The van der Waals surface area contributed by atoms with E-state index in [9.17, 15) is 4.79 Å². The summed E-state index contributed by atoms with van der Waals surface area (Å²) in [5.41, 5.74) is 4.98. The first-order valence-electron chi connectivity index (χ1n) is 9.45. The van der Waals surface area contributed by atoms with Gasteiger partial charge in [0.25, 0.3) is 5.91 Å². The van der Waals surface area contributed by atoms with Gasteiger partial charge in [0.15, 0.2) is 23.0 Å². The van der Waals surface area contributed by atoms with Crippen molar-refractivity contribution < 1.29 is 28.5 Å². The van der Waals surface area contributed by atoms with E-state index in [0.29, 0.717) is 45.6 Å². The molecule has 0 atom stereocenters. The third-order valence-electron chi connectivity index (χ3n) is 4.64. The number of ether oxygens (including phenoxy) is 5. The smallest absolute Gasteiger partial charge is 0.271 e. The molecule has 3 rings (SSSR count). The second-order valence-corrected chi connectivity index (χ2v) is 6.38. The van der Waals surface area contributed by atoms with Crippen LogP contribution in [-0.4, -0.2) is 57.9 Å². The monoisotopic (exact) mass is 440 g/mol. The van der Waals surface area contributed by atoms with Gasteiger partial charge < -0.3 is 23.7 Å². The van der Waals surface area contributed by atoms with Gasteiger partial charge in [0, 0.05) is 16.7 Å². The van der Waals surface area contributed by atoms with Crippen LogP contribution in [0.3, 0.4) is 0 Å². The Kier molecular flexibility index (Phi) is 7.17. The van der Waals surface area contributed by atoms with Crippen molar-refractivity contribution in [2.45, 2.75) is 0 Å². The maximum atomic E-state index is 12.6. The lowest BCUT2D eigenvalue weighted by Gasteiger charge is -2.13. The van der Waals surface area contributed by atoms with Crippen LogP contribution >= 0.6 is 0 Å². The molecule has 2 aromatic carbocycles. The number of hydrogen-bond donors (Lipinski definition) is 2. The summed E-state index contributed by atoms with van der Waals surface area (Å²) < 4.78 is 26.4. The first-order valence-corrected chi connectivity index (χ1v) is 9.45. The van der Waals surface area contributed by atoms with Crippen LogP contribution in [0.5, 0.6) is 28.7 Å². The van der Waals surface area contributed by atoms with E-state index in [1.165, 1.54) is 27.5 Å². The minimum absolute atomic E-state index is 0.295. The predicted octanol–water partition coefficient (Wildman–Crippen LogP) is 2.88. The number of aromatic nitrogens is 2. The van der Waals surface area contributed by atoms with Crippen molar-refractivity contribution in [1.29, 1.82) is 0 Å². The molecular weight excluding hydrogens is 416 g/mol. The highest BCUT2D eigenvalue weighted by molar-refractivity contribution is 5.96. The van der Waals surface area contributed by atoms with E-state index in [1.807, 2.05) is 12.1 Å². The maximum absolute atomic E-state index is 12.6. The lowest BCUT2D eigenvalue weighted by Crippen LogP contribution is -2.18. The molecule has 0 unspecified atom stereocenters. The Morgan fingerprint density at radius 3 is 2.16 bits per heavy atom. The highest BCUT2D eigenvalue weighted by Gasteiger charge is 2.17. The van der Waals surface area contributed by atoms with E-state index < -0.39 is 5.91 Å². The predicted molar refractivity (Wildman–Crippen MR) is 118 cm³/mol. The average molecular weight is 440 g/mol. The molecular formula is C22H24N4O6. The molecule has 10 nitrogen and oxygen atoms in total. The van der Waals surface area contributed by atoms with E-state index in [2.05, 4.69) is 20.7 Å². The zero-order valence-electron chi connectivity index (χ0n) is 18.4. The van der Waals surface area contributed by atoms with Crippen LogP contribution in [0.25, 0.3) is 11.3 Å². The van der Waals surface area contributed by atoms with Crippen molar-refractivity contribution in [3.8, 4) is 40.0 Å². The number of H-pyrrole nitrogens is 1. The zero-order valence-corrected chi connectivity index (χ0v) is 18.4. The Hall–Kier alpha value is -4.21. The molecule has 1 aromatic heterocycles. The van der Waals surface area contributed by atoms with Gasteiger partial charge in [0.2, 0.25) is 5.75 Å². The minimum atomic E-state index is -0.448. The second-order valence-electron chi connectivity index (χ2n) is 6.38. The van der Waals surface area contributed by atoms with Gasteiger partial charge in [-0.25, -0.2) is 5.43 Å². The van der Waals surface area contributed by atoms with E-state index in [4.69, 9.17) is 23.7 Å². The fraction of sp³-hybridized carbons (Fsp3) is 0.227. The van der Waals surface area contributed by atoms with Crippen molar-refractivity contribution in [2.24, 2.45) is 5.10 Å². The summed E-state index contributed by atoms with van der Waals surface area (Å²) in [6.07, 6.45) is 3.09. The molecule has 0 saturated heterocycles. The number of aromatic amines is 1. The van der Waals surface area contributed by atoms with E-state index in [-0.39, 0.29) is 0 Å². The quantitative estimate of drug-likeness (QED) is 0.388. The fourth-order valence-corrected chi connectivity index (χ4v) is 3.05. The van der Waals surface area contributed by atoms with Gasteiger partial charge >= 0.3 is 0 Å². The lowest BCUT2D eigenvalue weighted by atomic mass is 10.1. The molecule has 0 saturated carbocycles. The fourth-order valence-electron chi connectivity index (χ4n) is 3.05. The van der Waals surface area contributed by atoms with Gasteiger partial charge in [-0.2, -0.15) is 10.2 Å². The van der Waals surface area contributed by atoms with Crippen LogP contribution in [-0.2, 0) is 0 Å². The van der Waals surface area contributed by atoms with Crippen LogP contribution in [0, 0.1) is 0 Å². The van der Waals surface area contributed by atoms with Gasteiger partial charge in [-0.3, -0.25) is 9.89 Å². The van der Waals surface area contributed by atoms with Crippen LogP contribution in [0.15, 0.2) is 41.6 Å². The Labute approximate surface area is 185 Å².